The fourth-order valence-corrected chi connectivity index (χ4v) is 1.62. The van der Waals surface area contributed by atoms with Crippen LogP contribution in [0.1, 0.15) is 19.8 Å². The average molecular weight is 246 g/mol. The van der Waals surface area contributed by atoms with Gasteiger partial charge in [-0.15, -0.1) is 0 Å². The summed E-state index contributed by atoms with van der Waals surface area (Å²) < 4.78 is 0. The van der Waals surface area contributed by atoms with Crippen LogP contribution in [0.2, 0.25) is 0 Å². The van der Waals surface area contributed by atoms with E-state index in [0.29, 0.717) is 23.0 Å². The number of hydrogen-bond acceptors (Lipinski definition) is 4. The monoisotopic (exact) mass is 246 g/mol. The van der Waals surface area contributed by atoms with Crippen LogP contribution in [-0.4, -0.2) is 24.2 Å². The Morgan fingerprint density at radius 1 is 1.56 bits per heavy atom. The van der Waals surface area contributed by atoms with Crippen molar-refractivity contribution in [2.75, 3.05) is 6.54 Å². The van der Waals surface area contributed by atoms with Crippen LogP contribution >= 0.6 is 0 Å². The van der Waals surface area contributed by atoms with Crippen molar-refractivity contribution < 1.29 is 4.79 Å². The molecule has 0 aromatic carbocycles. The predicted molar refractivity (Wildman–Crippen MR) is 71.0 cm³/mol. The van der Waals surface area contributed by atoms with Crippen LogP contribution < -0.4 is 16.4 Å². The zero-order chi connectivity index (χ0) is 13.1. The van der Waals surface area contributed by atoms with E-state index in [0.717, 1.165) is 18.4 Å². The lowest BCUT2D eigenvalue weighted by Gasteiger charge is -2.12. The van der Waals surface area contributed by atoms with E-state index < -0.39 is 0 Å². The van der Waals surface area contributed by atoms with Gasteiger partial charge in [0.25, 0.3) is 0 Å². The number of carbonyl (C=O) groups is 1. The van der Waals surface area contributed by atoms with Gasteiger partial charge >= 0.3 is 0 Å². The van der Waals surface area contributed by atoms with Crippen molar-refractivity contribution in [2.45, 2.75) is 25.8 Å². The maximum absolute atomic E-state index is 11.4. The second-order valence-electron chi connectivity index (χ2n) is 4.66. The van der Waals surface area contributed by atoms with Crippen molar-refractivity contribution in [2.24, 2.45) is 5.73 Å². The van der Waals surface area contributed by atoms with E-state index in [1.165, 1.54) is 0 Å². The maximum atomic E-state index is 11.4. The molecule has 0 spiro atoms. The third kappa shape index (κ3) is 3.23. The first kappa shape index (κ1) is 12.4. The summed E-state index contributed by atoms with van der Waals surface area (Å²) in [5, 5.41) is 13.6. The summed E-state index contributed by atoms with van der Waals surface area (Å²) in [6.07, 6.45) is 7.28. The smallest absolute Gasteiger partial charge is 0.239 e. The highest BCUT2D eigenvalue weighted by molar-refractivity contribution is 6.10. The number of nitrogens with one attached hydrogen (secondary N) is 3. The summed E-state index contributed by atoms with van der Waals surface area (Å²) in [7, 11) is 0. The fraction of sp³-hybridized carbons (Fsp3) is 0.385. The van der Waals surface area contributed by atoms with E-state index in [2.05, 4.69) is 10.6 Å². The number of carbonyl (C=O) groups excluding carboxylic acids is 1. The molecule has 5 heteroatoms. The van der Waals surface area contributed by atoms with Crippen molar-refractivity contribution in [3.8, 4) is 0 Å². The molecule has 18 heavy (non-hydrogen) atoms. The molecular weight excluding hydrogens is 228 g/mol. The van der Waals surface area contributed by atoms with Gasteiger partial charge in [0.1, 0.15) is 0 Å². The summed E-state index contributed by atoms with van der Waals surface area (Å²) in [4.78, 5) is 11.4. The van der Waals surface area contributed by atoms with Gasteiger partial charge in [-0.25, -0.2) is 0 Å². The molecule has 2 aliphatic rings. The third-order valence-corrected chi connectivity index (χ3v) is 2.90. The molecule has 0 atom stereocenters. The Balaban J connectivity index is 1.85. The highest BCUT2D eigenvalue weighted by Crippen LogP contribution is 2.18. The van der Waals surface area contributed by atoms with Gasteiger partial charge in [0.2, 0.25) is 5.91 Å². The number of rotatable bonds is 4. The molecule has 0 aromatic heterocycles. The van der Waals surface area contributed by atoms with Crippen molar-refractivity contribution in [1.82, 2.24) is 10.6 Å². The van der Waals surface area contributed by atoms with Crippen molar-refractivity contribution in [1.29, 1.82) is 5.41 Å². The van der Waals surface area contributed by atoms with Crippen molar-refractivity contribution in [3.05, 3.63) is 35.2 Å². The Bertz CT molecular complexity index is 469. The second kappa shape index (κ2) is 5.08. The van der Waals surface area contributed by atoms with Gasteiger partial charge in [0, 0.05) is 23.5 Å². The number of allylic oxidation sites excluding steroid dienone is 4. The average Bonchev–Trinajstić information content (AvgIpc) is 3.09. The quantitative estimate of drug-likeness (QED) is 0.584. The van der Waals surface area contributed by atoms with E-state index >= 15 is 0 Å². The summed E-state index contributed by atoms with van der Waals surface area (Å²) >= 11 is 0. The molecule has 1 amide bonds. The summed E-state index contributed by atoms with van der Waals surface area (Å²) in [6.45, 7) is 2.09. The first-order valence-electron chi connectivity index (χ1n) is 6.04. The number of hydrogen-bond donors (Lipinski definition) is 4. The third-order valence-electron chi connectivity index (χ3n) is 2.90. The van der Waals surface area contributed by atoms with Gasteiger partial charge in [-0.3, -0.25) is 4.79 Å². The van der Waals surface area contributed by atoms with Gasteiger partial charge in [-0.1, -0.05) is 0 Å². The van der Waals surface area contributed by atoms with Gasteiger partial charge in [0.15, 0.2) is 0 Å². The minimum Gasteiger partial charge on any atom is -0.398 e. The molecule has 0 aliphatic heterocycles. The topological polar surface area (TPSA) is 91.0 Å². The lowest BCUT2D eigenvalue weighted by Crippen LogP contribution is -2.33. The Morgan fingerprint density at radius 3 is 2.94 bits per heavy atom. The minimum atomic E-state index is -0.0136. The Kier molecular flexibility index (Phi) is 3.50. The van der Waals surface area contributed by atoms with Crippen molar-refractivity contribution >= 4 is 11.6 Å². The first-order chi connectivity index (χ1) is 8.56. The Hall–Kier alpha value is -2.04. The molecule has 1 fully saturated rings. The first-order valence-corrected chi connectivity index (χ1v) is 6.04. The number of amides is 1. The SMILES string of the molecule is CC1=CC(=N)/C(=C\NCC(=O)NC2CC2)C=C1N. The van der Waals surface area contributed by atoms with Gasteiger partial charge in [-0.2, -0.15) is 0 Å². The Morgan fingerprint density at radius 2 is 2.28 bits per heavy atom. The normalized spacial score (nSPS) is 21.4. The van der Waals surface area contributed by atoms with Crippen LogP contribution in [0.25, 0.3) is 0 Å². The number of nitrogens with two attached hydrogens (primary N) is 1. The molecule has 5 nitrogen and oxygen atoms in total. The van der Waals surface area contributed by atoms with Crippen LogP contribution in [0.4, 0.5) is 0 Å². The molecule has 0 heterocycles. The van der Waals surface area contributed by atoms with Gasteiger partial charge in [0.05, 0.1) is 12.3 Å². The standard InChI is InChI=1S/C13H18N4O/c1-8-4-12(15)9(5-11(8)14)6-16-7-13(18)17-10-2-3-10/h4-6,10,15-16H,2-3,7,14H2,1H3,(H,17,18)/b9-6-,15-12?. The molecule has 0 aromatic rings. The van der Waals surface area contributed by atoms with Gasteiger partial charge < -0.3 is 21.8 Å². The van der Waals surface area contributed by atoms with E-state index in [4.69, 9.17) is 11.1 Å². The highest BCUT2D eigenvalue weighted by Gasteiger charge is 2.22. The van der Waals surface area contributed by atoms with Crippen LogP contribution in [0.5, 0.6) is 0 Å². The van der Waals surface area contributed by atoms with Crippen LogP contribution in [0, 0.1) is 5.41 Å². The van der Waals surface area contributed by atoms with Crippen LogP contribution in [-0.2, 0) is 4.79 Å². The van der Waals surface area contributed by atoms with E-state index in [1.54, 1.807) is 18.4 Å². The summed E-state index contributed by atoms with van der Waals surface area (Å²) in [6, 6.07) is 0.376. The van der Waals surface area contributed by atoms with Crippen LogP contribution in [0.3, 0.4) is 0 Å². The minimum absolute atomic E-state index is 0.0136. The molecule has 0 bridgehead atoms. The maximum Gasteiger partial charge on any atom is 0.239 e. The van der Waals surface area contributed by atoms with E-state index in [-0.39, 0.29) is 12.5 Å². The lowest BCUT2D eigenvalue weighted by molar-refractivity contribution is -0.120. The largest absolute Gasteiger partial charge is 0.398 e. The van der Waals surface area contributed by atoms with Gasteiger partial charge in [-0.05, 0) is 37.5 Å². The predicted octanol–water partition coefficient (Wildman–Crippen LogP) is 0.561. The molecule has 0 saturated heterocycles. The van der Waals surface area contributed by atoms with Crippen LogP contribution in [0.15, 0.2) is 35.2 Å². The molecule has 5 N–H and O–H groups in total. The molecular formula is C13H18N4O. The fourth-order valence-electron chi connectivity index (χ4n) is 1.62. The molecule has 0 unspecified atom stereocenters. The van der Waals surface area contributed by atoms with Crippen molar-refractivity contribution in [3.63, 3.8) is 0 Å². The molecule has 2 rings (SSSR count). The zero-order valence-corrected chi connectivity index (χ0v) is 10.4. The van der Waals surface area contributed by atoms with E-state index in [9.17, 15) is 4.79 Å². The molecule has 0 radical (unpaired) electrons. The Labute approximate surface area is 106 Å². The molecule has 96 valence electrons. The van der Waals surface area contributed by atoms with E-state index in [1.807, 2.05) is 6.92 Å². The molecule has 2 aliphatic carbocycles. The zero-order valence-electron chi connectivity index (χ0n) is 10.4. The molecule has 1 saturated carbocycles. The lowest BCUT2D eigenvalue weighted by atomic mass is 9.99. The second-order valence-corrected chi connectivity index (χ2v) is 4.66. The summed E-state index contributed by atoms with van der Waals surface area (Å²) in [5.74, 6) is -0.0136. The highest BCUT2D eigenvalue weighted by atomic mass is 16.2. The summed E-state index contributed by atoms with van der Waals surface area (Å²) in [5.41, 5.74) is 8.42.